The minimum absolute atomic E-state index is 0.0218. The third-order valence-electron chi connectivity index (χ3n) is 3.69. The van der Waals surface area contributed by atoms with Crippen LogP contribution < -0.4 is 5.32 Å². The van der Waals surface area contributed by atoms with E-state index >= 15 is 0 Å². The molecule has 0 aliphatic heterocycles. The Hall–Kier alpha value is -0.610. The number of carbonyl (C=O) groups is 1. The second-order valence-corrected chi connectivity index (χ2v) is 6.01. The number of rotatable bonds is 6. The van der Waals surface area contributed by atoms with Gasteiger partial charge in [0.05, 0.1) is 6.61 Å². The van der Waals surface area contributed by atoms with Crippen LogP contribution in [-0.4, -0.2) is 33.9 Å². The predicted molar refractivity (Wildman–Crippen MR) is 66.9 cm³/mol. The van der Waals surface area contributed by atoms with Crippen LogP contribution in [0.3, 0.4) is 0 Å². The van der Waals surface area contributed by atoms with Crippen molar-refractivity contribution in [2.24, 2.45) is 5.92 Å². The molecule has 4 heteroatoms. The van der Waals surface area contributed by atoms with Crippen molar-refractivity contribution in [1.82, 2.24) is 5.32 Å². The zero-order valence-corrected chi connectivity index (χ0v) is 11.1. The van der Waals surface area contributed by atoms with Crippen molar-refractivity contribution in [3.05, 3.63) is 0 Å². The highest BCUT2D eigenvalue weighted by molar-refractivity contribution is 5.78. The van der Waals surface area contributed by atoms with Crippen LogP contribution in [0.4, 0.5) is 0 Å². The molecule has 1 unspecified atom stereocenters. The summed E-state index contributed by atoms with van der Waals surface area (Å²) < 4.78 is 0. The minimum Gasteiger partial charge on any atom is -0.480 e. The van der Waals surface area contributed by atoms with Crippen LogP contribution in [0.5, 0.6) is 0 Å². The Kier molecular flexibility index (Phi) is 4.55. The summed E-state index contributed by atoms with van der Waals surface area (Å²) >= 11 is 0. The summed E-state index contributed by atoms with van der Waals surface area (Å²) in [6.45, 7) is 5.78. The third kappa shape index (κ3) is 3.42. The van der Waals surface area contributed by atoms with Crippen molar-refractivity contribution in [2.75, 3.05) is 6.61 Å². The van der Waals surface area contributed by atoms with Gasteiger partial charge in [0.2, 0.25) is 0 Å². The molecule has 1 saturated carbocycles. The monoisotopic (exact) mass is 243 g/mol. The van der Waals surface area contributed by atoms with Crippen molar-refractivity contribution in [3.8, 4) is 0 Å². The van der Waals surface area contributed by atoms with E-state index in [-0.39, 0.29) is 12.1 Å². The number of hydrogen-bond acceptors (Lipinski definition) is 3. The molecular formula is C13H25NO3. The lowest BCUT2D eigenvalue weighted by molar-refractivity contribution is -0.146. The van der Waals surface area contributed by atoms with Gasteiger partial charge in [-0.3, -0.25) is 10.1 Å². The first-order chi connectivity index (χ1) is 7.83. The number of aliphatic carboxylic acids is 1. The maximum Gasteiger partial charge on any atom is 0.323 e. The van der Waals surface area contributed by atoms with Gasteiger partial charge in [-0.2, -0.15) is 0 Å². The molecule has 0 radical (unpaired) electrons. The van der Waals surface area contributed by atoms with E-state index in [0.29, 0.717) is 12.3 Å². The van der Waals surface area contributed by atoms with Crippen LogP contribution in [0, 0.1) is 5.92 Å². The summed E-state index contributed by atoms with van der Waals surface area (Å²) in [4.78, 5) is 11.5. The van der Waals surface area contributed by atoms with Gasteiger partial charge in [0.15, 0.2) is 0 Å². The van der Waals surface area contributed by atoms with Crippen LogP contribution in [0.2, 0.25) is 0 Å². The van der Waals surface area contributed by atoms with Gasteiger partial charge in [-0.05, 0) is 32.1 Å². The summed E-state index contributed by atoms with van der Waals surface area (Å²) in [6.07, 6.45) is 4.43. The molecule has 17 heavy (non-hydrogen) atoms. The summed E-state index contributed by atoms with van der Waals surface area (Å²) in [5.74, 6) is -0.522. The Morgan fingerprint density at radius 1 is 1.41 bits per heavy atom. The smallest absolute Gasteiger partial charge is 0.323 e. The van der Waals surface area contributed by atoms with E-state index in [4.69, 9.17) is 0 Å². The Bertz CT molecular complexity index is 272. The third-order valence-corrected chi connectivity index (χ3v) is 3.69. The molecule has 0 amide bonds. The first-order valence-corrected chi connectivity index (χ1v) is 6.47. The SMILES string of the molecule is CC(C)CC(C)(NC1(CO)CCCC1)C(=O)O. The van der Waals surface area contributed by atoms with Gasteiger partial charge < -0.3 is 10.2 Å². The fourth-order valence-electron chi connectivity index (χ4n) is 2.97. The zero-order valence-electron chi connectivity index (χ0n) is 11.1. The lowest BCUT2D eigenvalue weighted by Gasteiger charge is -2.38. The van der Waals surface area contributed by atoms with Gasteiger partial charge in [-0.1, -0.05) is 26.7 Å². The molecule has 0 spiro atoms. The van der Waals surface area contributed by atoms with Crippen LogP contribution in [0.25, 0.3) is 0 Å². The van der Waals surface area contributed by atoms with Crippen molar-refractivity contribution >= 4 is 5.97 Å². The van der Waals surface area contributed by atoms with E-state index < -0.39 is 11.5 Å². The summed E-state index contributed by atoms with van der Waals surface area (Å²) in [6, 6.07) is 0. The lowest BCUT2D eigenvalue weighted by atomic mass is 9.86. The van der Waals surface area contributed by atoms with Gasteiger partial charge in [-0.25, -0.2) is 0 Å². The fourth-order valence-corrected chi connectivity index (χ4v) is 2.97. The highest BCUT2D eigenvalue weighted by Gasteiger charge is 2.43. The maximum absolute atomic E-state index is 11.5. The molecule has 4 nitrogen and oxygen atoms in total. The van der Waals surface area contributed by atoms with Crippen molar-refractivity contribution in [2.45, 2.75) is 64.0 Å². The van der Waals surface area contributed by atoms with E-state index in [1.807, 2.05) is 13.8 Å². The van der Waals surface area contributed by atoms with Crippen LogP contribution in [0.1, 0.15) is 52.9 Å². The number of aliphatic hydroxyl groups is 1. The molecule has 1 aliphatic rings. The molecule has 1 fully saturated rings. The predicted octanol–water partition coefficient (Wildman–Crippen LogP) is 1.77. The van der Waals surface area contributed by atoms with Gasteiger partial charge >= 0.3 is 5.97 Å². The maximum atomic E-state index is 11.5. The molecule has 0 saturated heterocycles. The quantitative estimate of drug-likeness (QED) is 0.665. The standard InChI is InChI=1S/C13H25NO3/c1-10(2)8-12(3,11(16)17)14-13(9-15)6-4-5-7-13/h10,14-15H,4-9H2,1-3H3,(H,16,17). The molecule has 0 aromatic heterocycles. The Morgan fingerprint density at radius 3 is 2.29 bits per heavy atom. The molecule has 0 heterocycles. The highest BCUT2D eigenvalue weighted by Crippen LogP contribution is 2.32. The minimum atomic E-state index is -0.943. The first kappa shape index (κ1) is 14.5. The van der Waals surface area contributed by atoms with Crippen LogP contribution in [-0.2, 0) is 4.79 Å². The summed E-state index contributed by atoms with van der Waals surface area (Å²) in [7, 11) is 0. The van der Waals surface area contributed by atoms with E-state index in [1.54, 1.807) is 6.92 Å². The molecule has 1 atom stereocenters. The largest absolute Gasteiger partial charge is 0.480 e. The lowest BCUT2D eigenvalue weighted by Crippen LogP contribution is -2.61. The fraction of sp³-hybridized carbons (Fsp3) is 0.923. The molecule has 0 bridgehead atoms. The van der Waals surface area contributed by atoms with Gasteiger partial charge in [0.25, 0.3) is 0 Å². The summed E-state index contributed by atoms with van der Waals surface area (Å²) in [5, 5.41) is 22.2. The van der Waals surface area contributed by atoms with Gasteiger partial charge in [-0.15, -0.1) is 0 Å². The second kappa shape index (κ2) is 5.36. The molecule has 0 aromatic rings. The summed E-state index contributed by atoms with van der Waals surface area (Å²) in [5.41, 5.74) is -1.33. The van der Waals surface area contributed by atoms with Crippen molar-refractivity contribution in [1.29, 1.82) is 0 Å². The average Bonchev–Trinajstić information content (AvgIpc) is 2.65. The van der Waals surface area contributed by atoms with E-state index in [9.17, 15) is 15.0 Å². The van der Waals surface area contributed by atoms with Crippen molar-refractivity contribution < 1.29 is 15.0 Å². The second-order valence-electron chi connectivity index (χ2n) is 6.01. The molecular weight excluding hydrogens is 218 g/mol. The van der Waals surface area contributed by atoms with E-state index in [2.05, 4.69) is 5.32 Å². The topological polar surface area (TPSA) is 69.6 Å². The Morgan fingerprint density at radius 2 is 1.94 bits per heavy atom. The molecule has 100 valence electrons. The van der Waals surface area contributed by atoms with Crippen molar-refractivity contribution in [3.63, 3.8) is 0 Å². The van der Waals surface area contributed by atoms with E-state index in [1.165, 1.54) is 0 Å². The number of hydrogen-bond donors (Lipinski definition) is 3. The van der Waals surface area contributed by atoms with Gasteiger partial charge in [0.1, 0.15) is 5.54 Å². The number of aliphatic hydroxyl groups excluding tert-OH is 1. The zero-order chi connectivity index (χ0) is 13.1. The first-order valence-electron chi connectivity index (χ1n) is 6.47. The number of carboxylic acids is 1. The number of carboxylic acid groups (broad SMARTS) is 1. The van der Waals surface area contributed by atoms with Crippen LogP contribution in [0.15, 0.2) is 0 Å². The molecule has 0 aromatic carbocycles. The number of nitrogens with one attached hydrogen (secondary N) is 1. The molecule has 1 rings (SSSR count). The molecule has 3 N–H and O–H groups in total. The van der Waals surface area contributed by atoms with E-state index in [0.717, 1.165) is 25.7 Å². The van der Waals surface area contributed by atoms with Crippen LogP contribution >= 0.6 is 0 Å². The average molecular weight is 243 g/mol. The Labute approximate surface area is 103 Å². The molecule has 1 aliphatic carbocycles. The Balaban J connectivity index is 2.81. The highest BCUT2D eigenvalue weighted by atomic mass is 16.4. The van der Waals surface area contributed by atoms with Gasteiger partial charge in [0, 0.05) is 5.54 Å². The normalized spacial score (nSPS) is 22.6.